The molecule has 0 saturated carbocycles. The molecule has 0 spiro atoms. The molecule has 2 aromatic rings. The average Bonchev–Trinajstić information content (AvgIpc) is 2.35. The van der Waals surface area contributed by atoms with E-state index in [-0.39, 0.29) is 0 Å². The topological polar surface area (TPSA) is 61.0 Å². The summed E-state index contributed by atoms with van der Waals surface area (Å²) >= 11 is 1.50. The Kier molecular flexibility index (Phi) is 4.49. The van der Waals surface area contributed by atoms with Gasteiger partial charge in [0, 0.05) is 28.0 Å². The first kappa shape index (κ1) is 14.7. The Morgan fingerprint density at radius 2 is 1.75 bits per heavy atom. The van der Waals surface area contributed by atoms with Gasteiger partial charge in [0.1, 0.15) is 5.75 Å². The van der Waals surface area contributed by atoms with E-state index in [9.17, 15) is 0 Å². The molecule has 0 aliphatic carbocycles. The number of aromatic nitrogens is 2. The van der Waals surface area contributed by atoms with Crippen LogP contribution in [0, 0.1) is 20.8 Å². The summed E-state index contributed by atoms with van der Waals surface area (Å²) < 4.78 is 5.50. The number of anilines is 1. The molecule has 0 unspecified atom stereocenters. The van der Waals surface area contributed by atoms with Gasteiger partial charge in [0.15, 0.2) is 5.16 Å². The Morgan fingerprint density at radius 3 is 2.35 bits per heavy atom. The first-order chi connectivity index (χ1) is 9.49. The molecule has 106 valence electrons. The smallest absolute Gasteiger partial charge is 0.192 e. The van der Waals surface area contributed by atoms with E-state index in [0.717, 1.165) is 32.8 Å². The van der Waals surface area contributed by atoms with E-state index in [1.165, 1.54) is 11.8 Å². The second-order valence-electron chi connectivity index (χ2n) is 4.57. The zero-order chi connectivity index (χ0) is 14.7. The van der Waals surface area contributed by atoms with E-state index in [1.54, 1.807) is 0 Å². The summed E-state index contributed by atoms with van der Waals surface area (Å²) in [5.41, 5.74) is 9.73. The van der Waals surface area contributed by atoms with Gasteiger partial charge in [-0.15, -0.1) is 0 Å². The Bertz CT molecular complexity index is 606. The minimum absolute atomic E-state index is 0.618. The summed E-state index contributed by atoms with van der Waals surface area (Å²) in [5.74, 6) is 0.774. The lowest BCUT2D eigenvalue weighted by Gasteiger charge is -2.09. The summed E-state index contributed by atoms with van der Waals surface area (Å²) in [6.07, 6.45) is 0. The lowest BCUT2D eigenvalue weighted by molar-refractivity contribution is 0.339. The Hall–Kier alpha value is -1.75. The molecule has 0 aliphatic heterocycles. The highest BCUT2D eigenvalue weighted by molar-refractivity contribution is 7.99. The van der Waals surface area contributed by atoms with E-state index in [2.05, 4.69) is 9.97 Å². The monoisotopic (exact) mass is 289 g/mol. The van der Waals surface area contributed by atoms with Crippen molar-refractivity contribution in [3.05, 3.63) is 35.2 Å². The van der Waals surface area contributed by atoms with Crippen LogP contribution < -0.4 is 10.5 Å². The highest BCUT2D eigenvalue weighted by atomic mass is 32.2. The van der Waals surface area contributed by atoms with Crippen LogP contribution in [0.4, 0.5) is 5.69 Å². The van der Waals surface area contributed by atoms with Crippen LogP contribution in [0.5, 0.6) is 5.75 Å². The van der Waals surface area contributed by atoms with Gasteiger partial charge < -0.3 is 10.5 Å². The van der Waals surface area contributed by atoms with Gasteiger partial charge in [-0.05, 0) is 57.2 Å². The molecule has 1 heterocycles. The van der Waals surface area contributed by atoms with E-state index in [0.29, 0.717) is 12.3 Å². The maximum atomic E-state index is 5.89. The first-order valence-corrected chi connectivity index (χ1v) is 7.34. The van der Waals surface area contributed by atoms with Crippen molar-refractivity contribution in [1.29, 1.82) is 0 Å². The van der Waals surface area contributed by atoms with Crippen molar-refractivity contribution in [2.24, 2.45) is 0 Å². The van der Waals surface area contributed by atoms with Crippen LogP contribution in [0.3, 0.4) is 0 Å². The van der Waals surface area contributed by atoms with Gasteiger partial charge in [-0.2, -0.15) is 0 Å². The van der Waals surface area contributed by atoms with E-state index in [1.807, 2.05) is 45.9 Å². The molecule has 0 fully saturated rings. The second kappa shape index (κ2) is 6.13. The molecule has 2 rings (SSSR count). The fraction of sp³-hybridized carbons (Fsp3) is 0.333. The van der Waals surface area contributed by atoms with Crippen LogP contribution in [-0.2, 0) is 0 Å². The van der Waals surface area contributed by atoms with E-state index in [4.69, 9.17) is 10.5 Å². The molecular formula is C15H19N3OS. The number of nitrogens with two attached hydrogens (primary N) is 1. The van der Waals surface area contributed by atoms with Crippen LogP contribution in [0.15, 0.2) is 28.3 Å². The molecule has 5 heteroatoms. The quantitative estimate of drug-likeness (QED) is 0.689. The number of rotatable bonds is 4. The Morgan fingerprint density at radius 1 is 1.10 bits per heavy atom. The van der Waals surface area contributed by atoms with Crippen LogP contribution >= 0.6 is 11.8 Å². The highest BCUT2D eigenvalue weighted by Crippen LogP contribution is 2.31. The third-order valence-electron chi connectivity index (χ3n) is 3.03. The largest absolute Gasteiger partial charge is 0.494 e. The van der Waals surface area contributed by atoms with Crippen molar-refractivity contribution in [3.8, 4) is 5.75 Å². The predicted octanol–water partition coefficient (Wildman–Crippen LogP) is 3.53. The molecule has 0 amide bonds. The van der Waals surface area contributed by atoms with Gasteiger partial charge in [-0.25, -0.2) is 9.97 Å². The van der Waals surface area contributed by atoms with Gasteiger partial charge in [0.2, 0.25) is 0 Å². The average molecular weight is 289 g/mol. The third kappa shape index (κ3) is 3.42. The van der Waals surface area contributed by atoms with Crippen molar-refractivity contribution in [1.82, 2.24) is 9.97 Å². The van der Waals surface area contributed by atoms with E-state index >= 15 is 0 Å². The summed E-state index contributed by atoms with van der Waals surface area (Å²) in [7, 11) is 0. The number of nitrogens with zero attached hydrogens (tertiary/aromatic N) is 2. The fourth-order valence-corrected chi connectivity index (χ4v) is 2.74. The number of benzene rings is 1. The summed E-state index contributed by atoms with van der Waals surface area (Å²) in [6.45, 7) is 8.60. The van der Waals surface area contributed by atoms with Crippen molar-refractivity contribution in [2.75, 3.05) is 12.3 Å². The normalized spacial score (nSPS) is 10.6. The number of nitrogen functional groups attached to an aromatic ring is 1. The van der Waals surface area contributed by atoms with Crippen molar-refractivity contribution in [3.63, 3.8) is 0 Å². The van der Waals surface area contributed by atoms with Crippen molar-refractivity contribution >= 4 is 17.4 Å². The maximum Gasteiger partial charge on any atom is 0.192 e. The molecule has 4 nitrogen and oxygen atoms in total. The third-order valence-corrected chi connectivity index (χ3v) is 3.87. The van der Waals surface area contributed by atoms with Crippen LogP contribution in [0.2, 0.25) is 0 Å². The number of hydrogen-bond donors (Lipinski definition) is 1. The molecule has 20 heavy (non-hydrogen) atoms. The molecule has 0 atom stereocenters. The van der Waals surface area contributed by atoms with Gasteiger partial charge in [-0.3, -0.25) is 0 Å². The van der Waals surface area contributed by atoms with Crippen LogP contribution in [0.1, 0.15) is 23.9 Å². The minimum atomic E-state index is 0.618. The Balaban J connectivity index is 2.30. The van der Waals surface area contributed by atoms with Gasteiger partial charge >= 0.3 is 0 Å². The van der Waals surface area contributed by atoms with Gasteiger partial charge in [-0.1, -0.05) is 0 Å². The maximum absolute atomic E-state index is 5.89. The number of hydrogen-bond acceptors (Lipinski definition) is 5. The summed E-state index contributed by atoms with van der Waals surface area (Å²) in [6, 6.07) is 5.68. The summed E-state index contributed by atoms with van der Waals surface area (Å²) in [4.78, 5) is 9.99. The SMILES string of the molecule is CCOc1cc(N)cc(Sc2nc(C)c(C)c(C)n2)c1. The lowest BCUT2D eigenvalue weighted by atomic mass is 10.2. The highest BCUT2D eigenvalue weighted by Gasteiger charge is 2.08. The second-order valence-corrected chi connectivity index (χ2v) is 5.62. The minimum Gasteiger partial charge on any atom is -0.494 e. The van der Waals surface area contributed by atoms with E-state index < -0.39 is 0 Å². The first-order valence-electron chi connectivity index (χ1n) is 6.52. The zero-order valence-corrected chi connectivity index (χ0v) is 13.0. The van der Waals surface area contributed by atoms with Crippen molar-refractivity contribution in [2.45, 2.75) is 37.7 Å². The van der Waals surface area contributed by atoms with Crippen molar-refractivity contribution < 1.29 is 4.74 Å². The molecule has 1 aromatic heterocycles. The standard InChI is InChI=1S/C15H19N3OS/c1-5-19-13-6-12(16)7-14(8-13)20-15-17-10(3)9(2)11(4)18-15/h6-8H,5,16H2,1-4H3. The fourth-order valence-electron chi connectivity index (χ4n) is 1.80. The number of aryl methyl sites for hydroxylation is 2. The van der Waals surface area contributed by atoms with Crippen LogP contribution in [-0.4, -0.2) is 16.6 Å². The van der Waals surface area contributed by atoms with Crippen LogP contribution in [0.25, 0.3) is 0 Å². The lowest BCUT2D eigenvalue weighted by Crippen LogP contribution is -1.98. The molecule has 0 aliphatic rings. The number of ether oxygens (including phenoxy) is 1. The molecule has 0 saturated heterocycles. The van der Waals surface area contributed by atoms with Gasteiger partial charge in [0.25, 0.3) is 0 Å². The predicted molar refractivity (Wildman–Crippen MR) is 82.4 cm³/mol. The van der Waals surface area contributed by atoms with Gasteiger partial charge in [0.05, 0.1) is 6.61 Å². The molecular weight excluding hydrogens is 270 g/mol. The Labute approximate surface area is 123 Å². The summed E-state index contributed by atoms with van der Waals surface area (Å²) in [5, 5.41) is 0.735. The molecule has 2 N–H and O–H groups in total. The molecule has 0 bridgehead atoms. The molecule has 1 aromatic carbocycles. The zero-order valence-electron chi connectivity index (χ0n) is 12.2. The molecule has 0 radical (unpaired) electrons.